The summed E-state index contributed by atoms with van der Waals surface area (Å²) < 4.78 is 13.3. The fourth-order valence-electron chi connectivity index (χ4n) is 2.14. The van der Waals surface area contributed by atoms with E-state index in [4.69, 9.17) is 23.2 Å². The maximum Gasteiger partial charge on any atom is 0.109 e. The molecule has 2 rings (SSSR count). The van der Waals surface area contributed by atoms with Crippen molar-refractivity contribution in [3.8, 4) is 0 Å². The Balaban J connectivity index is 0.00000162. The lowest BCUT2D eigenvalue weighted by atomic mass is 10.1. The predicted molar refractivity (Wildman–Crippen MR) is 76.9 cm³/mol. The normalized spacial score (nSPS) is 18.2. The van der Waals surface area contributed by atoms with Crippen LogP contribution in [0.3, 0.4) is 0 Å². The molecule has 1 atom stereocenters. The highest BCUT2D eigenvalue weighted by atomic mass is 35.5. The first-order chi connectivity index (χ1) is 8.22. The summed E-state index contributed by atoms with van der Waals surface area (Å²) in [4.78, 5) is 2.11. The number of rotatable bonds is 3. The Morgan fingerprint density at radius 2 is 1.94 bits per heavy atom. The van der Waals surface area contributed by atoms with Gasteiger partial charge >= 0.3 is 0 Å². The number of piperazine rings is 1. The SMILES string of the molecule is Cl.FC[C@H](c1cc(Cl)ccc1Cl)N1CCNCC1. The zero-order valence-corrected chi connectivity index (χ0v) is 12.2. The van der Waals surface area contributed by atoms with Gasteiger partial charge in [-0.1, -0.05) is 23.2 Å². The summed E-state index contributed by atoms with van der Waals surface area (Å²) in [5, 5.41) is 4.42. The molecule has 18 heavy (non-hydrogen) atoms. The lowest BCUT2D eigenvalue weighted by Crippen LogP contribution is -2.45. The van der Waals surface area contributed by atoms with Crippen molar-refractivity contribution in [1.82, 2.24) is 10.2 Å². The average molecular weight is 314 g/mol. The Kier molecular flexibility index (Phi) is 6.67. The summed E-state index contributed by atoms with van der Waals surface area (Å²) in [6, 6.07) is 4.92. The van der Waals surface area contributed by atoms with Crippen molar-refractivity contribution in [3.05, 3.63) is 33.8 Å². The second kappa shape index (κ2) is 7.51. The minimum Gasteiger partial charge on any atom is -0.314 e. The first kappa shape index (κ1) is 16.0. The van der Waals surface area contributed by atoms with Gasteiger partial charge in [0.05, 0.1) is 6.04 Å². The molecule has 1 heterocycles. The largest absolute Gasteiger partial charge is 0.314 e. The zero-order valence-electron chi connectivity index (χ0n) is 9.83. The van der Waals surface area contributed by atoms with Crippen molar-refractivity contribution in [2.45, 2.75) is 6.04 Å². The van der Waals surface area contributed by atoms with Crippen molar-refractivity contribution in [2.24, 2.45) is 0 Å². The Bertz CT molecular complexity index is 384. The Labute approximate surface area is 123 Å². The van der Waals surface area contributed by atoms with Gasteiger partial charge in [-0.2, -0.15) is 0 Å². The van der Waals surface area contributed by atoms with Gasteiger partial charge in [0.15, 0.2) is 0 Å². The summed E-state index contributed by atoms with van der Waals surface area (Å²) >= 11 is 12.1. The molecule has 0 radical (unpaired) electrons. The highest BCUT2D eigenvalue weighted by Crippen LogP contribution is 2.30. The van der Waals surface area contributed by atoms with Crippen LogP contribution in [0, 0.1) is 0 Å². The fraction of sp³-hybridized carbons (Fsp3) is 0.500. The van der Waals surface area contributed by atoms with Crippen LogP contribution in [0.1, 0.15) is 11.6 Å². The highest BCUT2D eigenvalue weighted by Gasteiger charge is 2.24. The van der Waals surface area contributed by atoms with E-state index >= 15 is 0 Å². The van der Waals surface area contributed by atoms with Crippen molar-refractivity contribution < 1.29 is 4.39 Å². The number of halogens is 4. The van der Waals surface area contributed by atoms with E-state index in [1.807, 2.05) is 0 Å². The highest BCUT2D eigenvalue weighted by molar-refractivity contribution is 6.33. The van der Waals surface area contributed by atoms with Crippen LogP contribution in [0.5, 0.6) is 0 Å². The van der Waals surface area contributed by atoms with Gasteiger partial charge in [0, 0.05) is 36.2 Å². The maximum atomic E-state index is 13.3. The van der Waals surface area contributed by atoms with E-state index in [0.29, 0.717) is 10.0 Å². The van der Waals surface area contributed by atoms with E-state index in [1.165, 1.54) is 0 Å². The Hall–Kier alpha value is -0.0600. The number of hydrogen-bond acceptors (Lipinski definition) is 2. The molecular formula is C12H16Cl3FN2. The van der Waals surface area contributed by atoms with Crippen molar-refractivity contribution in [2.75, 3.05) is 32.9 Å². The zero-order chi connectivity index (χ0) is 12.3. The molecule has 1 aliphatic rings. The van der Waals surface area contributed by atoms with Crippen LogP contribution in [0.25, 0.3) is 0 Å². The molecule has 0 saturated carbocycles. The first-order valence-corrected chi connectivity index (χ1v) is 6.43. The third-order valence-corrected chi connectivity index (χ3v) is 3.63. The van der Waals surface area contributed by atoms with Crippen molar-refractivity contribution in [1.29, 1.82) is 0 Å². The molecule has 1 aromatic rings. The molecule has 0 unspecified atom stereocenters. The van der Waals surface area contributed by atoms with Gasteiger partial charge in [-0.25, -0.2) is 4.39 Å². The Morgan fingerprint density at radius 1 is 1.28 bits per heavy atom. The predicted octanol–water partition coefficient (Wildman–Crippen LogP) is 3.33. The van der Waals surface area contributed by atoms with E-state index in [0.717, 1.165) is 31.7 Å². The molecule has 1 aliphatic heterocycles. The number of benzene rings is 1. The molecule has 6 heteroatoms. The lowest BCUT2D eigenvalue weighted by Gasteiger charge is -2.34. The van der Waals surface area contributed by atoms with Crippen LogP contribution in [-0.4, -0.2) is 37.8 Å². The lowest BCUT2D eigenvalue weighted by molar-refractivity contribution is 0.147. The molecule has 0 spiro atoms. The van der Waals surface area contributed by atoms with Gasteiger partial charge in [0.2, 0.25) is 0 Å². The third-order valence-electron chi connectivity index (χ3n) is 3.06. The number of nitrogens with one attached hydrogen (secondary N) is 1. The minimum atomic E-state index is -0.444. The summed E-state index contributed by atoms with van der Waals surface area (Å²) in [7, 11) is 0. The third kappa shape index (κ3) is 3.72. The molecule has 1 saturated heterocycles. The number of nitrogens with zero attached hydrogens (tertiary/aromatic N) is 1. The smallest absolute Gasteiger partial charge is 0.109 e. The van der Waals surface area contributed by atoms with Crippen molar-refractivity contribution in [3.63, 3.8) is 0 Å². The summed E-state index contributed by atoms with van der Waals surface area (Å²) in [5.74, 6) is 0. The van der Waals surface area contributed by atoms with Crippen LogP contribution >= 0.6 is 35.6 Å². The van der Waals surface area contributed by atoms with Crippen LogP contribution in [0.2, 0.25) is 10.0 Å². The average Bonchev–Trinajstić information content (AvgIpc) is 2.36. The monoisotopic (exact) mass is 312 g/mol. The van der Waals surface area contributed by atoms with Gasteiger partial charge in [-0.05, 0) is 23.8 Å². The standard InChI is InChI=1S/C12H15Cl2FN2.ClH/c13-9-1-2-11(14)10(7-9)12(8-15)17-5-3-16-4-6-17;/h1-2,7,12,16H,3-6,8H2;1H/t12-;/m1./s1. The van der Waals surface area contributed by atoms with Gasteiger partial charge in [0.1, 0.15) is 6.67 Å². The molecule has 1 fully saturated rings. The molecule has 1 aromatic carbocycles. The van der Waals surface area contributed by atoms with Crippen molar-refractivity contribution >= 4 is 35.6 Å². The van der Waals surface area contributed by atoms with Gasteiger partial charge < -0.3 is 5.32 Å². The molecule has 0 bridgehead atoms. The van der Waals surface area contributed by atoms with Gasteiger partial charge in [0.25, 0.3) is 0 Å². The van der Waals surface area contributed by atoms with Crippen LogP contribution in [0.15, 0.2) is 18.2 Å². The molecule has 2 nitrogen and oxygen atoms in total. The summed E-state index contributed by atoms with van der Waals surface area (Å²) in [6.07, 6.45) is 0. The fourth-order valence-corrected chi connectivity index (χ4v) is 2.57. The van der Waals surface area contributed by atoms with E-state index in [1.54, 1.807) is 18.2 Å². The molecule has 0 amide bonds. The molecular weight excluding hydrogens is 298 g/mol. The number of hydrogen-bond donors (Lipinski definition) is 1. The molecule has 102 valence electrons. The summed E-state index contributed by atoms with van der Waals surface area (Å²) in [6.45, 7) is 2.98. The minimum absolute atomic E-state index is 0. The molecule has 0 aliphatic carbocycles. The molecule has 0 aromatic heterocycles. The summed E-state index contributed by atoms with van der Waals surface area (Å²) in [5.41, 5.74) is 0.781. The van der Waals surface area contributed by atoms with Gasteiger partial charge in [-0.3, -0.25) is 4.90 Å². The second-order valence-electron chi connectivity index (χ2n) is 4.12. The van der Waals surface area contributed by atoms with Crippen LogP contribution < -0.4 is 5.32 Å². The number of alkyl halides is 1. The Morgan fingerprint density at radius 3 is 2.56 bits per heavy atom. The van der Waals surface area contributed by atoms with E-state index < -0.39 is 6.67 Å². The van der Waals surface area contributed by atoms with E-state index in [-0.39, 0.29) is 18.4 Å². The quantitative estimate of drug-likeness (QED) is 0.921. The van der Waals surface area contributed by atoms with Crippen LogP contribution in [-0.2, 0) is 0 Å². The first-order valence-electron chi connectivity index (χ1n) is 5.68. The molecule has 1 N–H and O–H groups in total. The van der Waals surface area contributed by atoms with Gasteiger partial charge in [-0.15, -0.1) is 12.4 Å². The maximum absolute atomic E-state index is 13.3. The van der Waals surface area contributed by atoms with E-state index in [2.05, 4.69) is 10.2 Å². The van der Waals surface area contributed by atoms with E-state index in [9.17, 15) is 4.39 Å². The second-order valence-corrected chi connectivity index (χ2v) is 4.97. The topological polar surface area (TPSA) is 15.3 Å². The van der Waals surface area contributed by atoms with Crippen LogP contribution in [0.4, 0.5) is 4.39 Å².